The molecule has 0 N–H and O–H groups in total. The molecule has 2 heteroatoms. The van der Waals surface area contributed by atoms with Crippen LogP contribution in [0.5, 0.6) is 0 Å². The summed E-state index contributed by atoms with van der Waals surface area (Å²) in [6.07, 6.45) is 3.70. The summed E-state index contributed by atoms with van der Waals surface area (Å²) >= 11 is 0. The first kappa shape index (κ1) is 31.7. The average molecular weight is 581 g/mol. The van der Waals surface area contributed by atoms with Gasteiger partial charge in [-0.05, 0) is 183 Å². The molecule has 0 spiro atoms. The molecule has 0 aromatic heterocycles. The predicted octanol–water partition coefficient (Wildman–Crippen LogP) is 9.34. The second-order valence-corrected chi connectivity index (χ2v) is 17.0. The van der Waals surface area contributed by atoms with E-state index >= 15 is 0 Å². The molecule has 0 radical (unpaired) electrons. The highest BCUT2D eigenvalue weighted by Crippen LogP contribution is 2.44. The summed E-state index contributed by atoms with van der Waals surface area (Å²) in [5.74, 6) is 0. The fraction of sp³-hybridized carbons (Fsp3) is 0.385. The molecule has 0 bridgehead atoms. The van der Waals surface area contributed by atoms with Crippen molar-refractivity contribution in [2.24, 2.45) is 0 Å². The van der Waals surface area contributed by atoms with Crippen LogP contribution >= 0.6 is 15.8 Å². The standard InChI is InChI=1S/C39H50P2/c1-24-16-28(5)36(29(6)17-24)40(37-30(7)18-25(2)19-31(37)8)14-13-15-41(38-32(9)20-26(3)21-33(38)10)39-34(11)22-27(4)23-35(39)12/h16-23H,13-15H2,1-12H3. The third-order valence-electron chi connectivity index (χ3n) is 8.38. The van der Waals surface area contributed by atoms with Crippen LogP contribution in [0.1, 0.15) is 73.2 Å². The number of benzene rings is 4. The lowest BCUT2D eigenvalue weighted by molar-refractivity contribution is 1.11. The summed E-state index contributed by atoms with van der Waals surface area (Å²) in [7, 11) is -0.916. The van der Waals surface area contributed by atoms with E-state index in [0.29, 0.717) is 0 Å². The van der Waals surface area contributed by atoms with Crippen LogP contribution in [0.15, 0.2) is 48.5 Å². The molecule has 0 amide bonds. The van der Waals surface area contributed by atoms with E-state index in [1.165, 1.54) is 85.5 Å². The van der Waals surface area contributed by atoms with Gasteiger partial charge in [-0.3, -0.25) is 0 Å². The summed E-state index contributed by atoms with van der Waals surface area (Å²) in [5.41, 5.74) is 17.2. The van der Waals surface area contributed by atoms with Gasteiger partial charge in [0, 0.05) is 0 Å². The normalized spacial score (nSPS) is 11.7. The Morgan fingerprint density at radius 3 is 0.659 bits per heavy atom. The van der Waals surface area contributed by atoms with Gasteiger partial charge in [-0.25, -0.2) is 0 Å². The van der Waals surface area contributed by atoms with Crippen molar-refractivity contribution in [3.63, 3.8) is 0 Å². The van der Waals surface area contributed by atoms with Gasteiger partial charge >= 0.3 is 0 Å². The Kier molecular flexibility index (Phi) is 10.00. The summed E-state index contributed by atoms with van der Waals surface area (Å²) in [5, 5.41) is 6.43. The Morgan fingerprint density at radius 2 is 0.488 bits per heavy atom. The summed E-state index contributed by atoms with van der Waals surface area (Å²) in [6, 6.07) is 19.2. The maximum Gasteiger partial charge on any atom is -0.0137 e. The minimum Gasteiger partial charge on any atom is -0.0557 e. The van der Waals surface area contributed by atoms with E-state index < -0.39 is 15.8 Å². The largest absolute Gasteiger partial charge is 0.0557 e. The molecule has 4 rings (SSSR count). The molecule has 4 aromatic rings. The zero-order valence-corrected chi connectivity index (χ0v) is 29.4. The van der Waals surface area contributed by atoms with Crippen molar-refractivity contribution in [3.8, 4) is 0 Å². The SMILES string of the molecule is Cc1cc(C)c(P(CCCP(c2c(C)cc(C)cc2C)c2c(C)cc(C)cc2C)c2c(C)cc(C)cc2C)c(C)c1. The minimum absolute atomic E-state index is 0.458. The Hall–Kier alpha value is -2.26. The summed E-state index contributed by atoms with van der Waals surface area (Å²) < 4.78 is 0. The van der Waals surface area contributed by atoms with Crippen LogP contribution in [0.3, 0.4) is 0 Å². The molecule has 0 aliphatic heterocycles. The second kappa shape index (κ2) is 12.9. The molecule has 41 heavy (non-hydrogen) atoms. The van der Waals surface area contributed by atoms with Gasteiger partial charge in [-0.1, -0.05) is 70.8 Å². The van der Waals surface area contributed by atoms with Crippen LogP contribution in [-0.4, -0.2) is 12.3 Å². The molecule has 0 saturated heterocycles. The lowest BCUT2D eigenvalue weighted by atomic mass is 10.1. The van der Waals surface area contributed by atoms with E-state index in [-0.39, 0.29) is 0 Å². The van der Waals surface area contributed by atoms with Gasteiger partial charge < -0.3 is 0 Å². The molecular formula is C39H50P2. The van der Waals surface area contributed by atoms with Crippen molar-refractivity contribution in [2.45, 2.75) is 89.5 Å². The monoisotopic (exact) mass is 580 g/mol. The Bertz CT molecular complexity index is 1260. The molecular weight excluding hydrogens is 530 g/mol. The maximum absolute atomic E-state index is 2.40. The molecule has 0 aliphatic rings. The molecule has 0 heterocycles. The van der Waals surface area contributed by atoms with Gasteiger partial charge in [-0.15, -0.1) is 0 Å². The lowest BCUT2D eigenvalue weighted by Crippen LogP contribution is -2.26. The molecule has 216 valence electrons. The molecule has 0 aliphatic carbocycles. The number of hydrogen-bond donors (Lipinski definition) is 0. The van der Waals surface area contributed by atoms with Crippen LogP contribution < -0.4 is 21.2 Å². The van der Waals surface area contributed by atoms with Crippen molar-refractivity contribution in [1.29, 1.82) is 0 Å². The van der Waals surface area contributed by atoms with Crippen LogP contribution in [-0.2, 0) is 0 Å². The van der Waals surface area contributed by atoms with Gasteiger partial charge in [0.15, 0.2) is 0 Å². The van der Waals surface area contributed by atoms with Crippen molar-refractivity contribution in [1.82, 2.24) is 0 Å². The van der Waals surface area contributed by atoms with Gasteiger partial charge in [0.05, 0.1) is 0 Å². The van der Waals surface area contributed by atoms with Gasteiger partial charge in [-0.2, -0.15) is 0 Å². The van der Waals surface area contributed by atoms with Crippen LogP contribution in [0.4, 0.5) is 0 Å². The third-order valence-corrected chi connectivity index (χ3v) is 14.9. The first-order chi connectivity index (χ1) is 19.3. The Balaban J connectivity index is 1.80. The summed E-state index contributed by atoms with van der Waals surface area (Å²) in [6.45, 7) is 27.7. The number of rotatable bonds is 8. The Labute approximate surface area is 253 Å². The van der Waals surface area contributed by atoms with Crippen molar-refractivity contribution >= 4 is 37.1 Å². The van der Waals surface area contributed by atoms with Crippen molar-refractivity contribution < 1.29 is 0 Å². The topological polar surface area (TPSA) is 0 Å². The van der Waals surface area contributed by atoms with Crippen LogP contribution in [0, 0.1) is 83.1 Å². The first-order valence-electron chi connectivity index (χ1n) is 15.1. The van der Waals surface area contributed by atoms with E-state index in [4.69, 9.17) is 0 Å². The highest BCUT2D eigenvalue weighted by Gasteiger charge is 2.26. The predicted molar refractivity (Wildman–Crippen MR) is 189 cm³/mol. The highest BCUT2D eigenvalue weighted by molar-refractivity contribution is 7.74. The molecule has 0 fully saturated rings. The fourth-order valence-electron chi connectivity index (χ4n) is 7.45. The smallest absolute Gasteiger partial charge is 0.0137 e. The maximum atomic E-state index is 2.40. The summed E-state index contributed by atoms with van der Waals surface area (Å²) in [4.78, 5) is 0. The second-order valence-electron chi connectivity index (χ2n) is 12.6. The zero-order chi connectivity index (χ0) is 30.2. The van der Waals surface area contributed by atoms with E-state index in [2.05, 4.69) is 132 Å². The van der Waals surface area contributed by atoms with Crippen LogP contribution in [0.2, 0.25) is 0 Å². The van der Waals surface area contributed by atoms with E-state index in [0.717, 1.165) is 0 Å². The number of hydrogen-bond acceptors (Lipinski definition) is 0. The minimum atomic E-state index is -0.458. The van der Waals surface area contributed by atoms with Crippen molar-refractivity contribution in [3.05, 3.63) is 115 Å². The fourth-order valence-corrected chi connectivity index (χ4v) is 13.9. The van der Waals surface area contributed by atoms with Gasteiger partial charge in [0.25, 0.3) is 0 Å². The molecule has 4 aromatic carbocycles. The van der Waals surface area contributed by atoms with E-state index in [1.807, 2.05) is 0 Å². The van der Waals surface area contributed by atoms with Gasteiger partial charge in [0.2, 0.25) is 0 Å². The molecule has 0 unspecified atom stereocenters. The molecule has 0 saturated carbocycles. The third kappa shape index (κ3) is 6.87. The highest BCUT2D eigenvalue weighted by atomic mass is 31.1. The molecule has 0 nitrogen and oxygen atoms in total. The van der Waals surface area contributed by atoms with Gasteiger partial charge in [0.1, 0.15) is 0 Å². The van der Waals surface area contributed by atoms with E-state index in [1.54, 1.807) is 21.2 Å². The Morgan fingerprint density at radius 1 is 0.317 bits per heavy atom. The average Bonchev–Trinajstić information content (AvgIpc) is 2.81. The quantitative estimate of drug-likeness (QED) is 0.182. The molecule has 0 atom stereocenters. The lowest BCUT2D eigenvalue weighted by Gasteiger charge is -2.29. The number of aryl methyl sites for hydroxylation is 12. The van der Waals surface area contributed by atoms with E-state index in [9.17, 15) is 0 Å². The van der Waals surface area contributed by atoms with Crippen LogP contribution in [0.25, 0.3) is 0 Å². The zero-order valence-electron chi connectivity index (χ0n) is 27.6. The first-order valence-corrected chi connectivity index (χ1v) is 18.2. The van der Waals surface area contributed by atoms with Crippen molar-refractivity contribution in [2.75, 3.05) is 12.3 Å².